The smallest absolute Gasteiger partial charge is 0.324 e. The molecule has 2 aromatic rings. The number of carbonyl (C=O) groups is 3. The van der Waals surface area contributed by atoms with E-state index in [1.807, 2.05) is 13.0 Å². The second kappa shape index (κ2) is 6.39. The largest absolute Gasteiger partial charge is 0.325 e. The number of imidazole rings is 1. The van der Waals surface area contributed by atoms with Crippen LogP contribution in [0.2, 0.25) is 0 Å². The van der Waals surface area contributed by atoms with Crippen molar-refractivity contribution in [2.24, 2.45) is 0 Å². The topological polar surface area (TPSA) is 96.3 Å². The van der Waals surface area contributed by atoms with Crippen molar-refractivity contribution in [2.45, 2.75) is 25.8 Å². The number of rotatable bonds is 5. The molecule has 1 aromatic heterocycles. The third-order valence-corrected chi connectivity index (χ3v) is 4.29. The van der Waals surface area contributed by atoms with Crippen LogP contribution < -0.4 is 10.6 Å². The van der Waals surface area contributed by atoms with Crippen LogP contribution in [-0.2, 0) is 9.59 Å². The van der Waals surface area contributed by atoms with E-state index in [4.69, 9.17) is 0 Å². The zero-order chi connectivity index (χ0) is 18.0. The Morgan fingerprint density at radius 2 is 2.16 bits per heavy atom. The lowest BCUT2D eigenvalue weighted by molar-refractivity contribution is -0.133. The summed E-state index contributed by atoms with van der Waals surface area (Å²) in [5.41, 5.74) is 0.462. The van der Waals surface area contributed by atoms with Gasteiger partial charge in [-0.2, -0.15) is 0 Å². The monoisotopic (exact) mass is 341 g/mol. The summed E-state index contributed by atoms with van der Waals surface area (Å²) in [6.07, 6.45) is 5.57. The van der Waals surface area contributed by atoms with E-state index in [0.717, 1.165) is 10.6 Å². The summed E-state index contributed by atoms with van der Waals surface area (Å²) in [6.45, 7) is 3.14. The van der Waals surface area contributed by atoms with Gasteiger partial charge in [0.25, 0.3) is 5.91 Å². The Kier molecular flexibility index (Phi) is 4.26. The fourth-order valence-corrected chi connectivity index (χ4v) is 2.63. The predicted octanol–water partition coefficient (Wildman–Crippen LogP) is 1.53. The molecule has 0 spiro atoms. The second-order valence-corrected chi connectivity index (χ2v) is 6.08. The molecule has 0 saturated carbocycles. The van der Waals surface area contributed by atoms with Crippen molar-refractivity contribution in [3.63, 3.8) is 0 Å². The molecule has 0 bridgehead atoms. The van der Waals surface area contributed by atoms with Crippen LogP contribution in [0.4, 0.5) is 10.5 Å². The predicted molar refractivity (Wildman–Crippen MR) is 91.1 cm³/mol. The van der Waals surface area contributed by atoms with E-state index in [1.54, 1.807) is 48.4 Å². The summed E-state index contributed by atoms with van der Waals surface area (Å²) in [5, 5.41) is 5.33. The first-order valence-corrected chi connectivity index (χ1v) is 7.95. The molecular formula is C17H19N5O3. The first-order valence-electron chi connectivity index (χ1n) is 7.95. The number of nitrogens with one attached hydrogen (secondary N) is 2. The molecule has 0 radical (unpaired) electrons. The summed E-state index contributed by atoms with van der Waals surface area (Å²) < 4.78 is 1.81. The zero-order valence-electron chi connectivity index (χ0n) is 14.0. The fraction of sp³-hybridized carbons (Fsp3) is 0.294. The Morgan fingerprint density at radius 3 is 2.80 bits per heavy atom. The van der Waals surface area contributed by atoms with Crippen LogP contribution in [0.15, 0.2) is 43.0 Å². The molecule has 1 fully saturated rings. The van der Waals surface area contributed by atoms with Crippen molar-refractivity contribution in [3.8, 4) is 5.69 Å². The zero-order valence-corrected chi connectivity index (χ0v) is 14.0. The number of hydrogen-bond acceptors (Lipinski definition) is 4. The number of anilines is 1. The van der Waals surface area contributed by atoms with Crippen molar-refractivity contribution >= 4 is 23.5 Å². The Labute approximate surface area is 144 Å². The molecule has 1 aliphatic heterocycles. The quantitative estimate of drug-likeness (QED) is 0.806. The minimum atomic E-state index is -0.946. The van der Waals surface area contributed by atoms with Gasteiger partial charge in [-0.05, 0) is 31.5 Å². The molecule has 25 heavy (non-hydrogen) atoms. The van der Waals surface area contributed by atoms with Crippen LogP contribution in [0.5, 0.6) is 0 Å². The van der Waals surface area contributed by atoms with E-state index in [0.29, 0.717) is 12.1 Å². The number of amides is 4. The molecule has 1 aliphatic rings. The van der Waals surface area contributed by atoms with Gasteiger partial charge in [-0.1, -0.05) is 13.0 Å². The maximum Gasteiger partial charge on any atom is 0.325 e. The summed E-state index contributed by atoms with van der Waals surface area (Å²) in [6, 6.07) is 6.65. The van der Waals surface area contributed by atoms with Crippen molar-refractivity contribution in [1.82, 2.24) is 19.8 Å². The van der Waals surface area contributed by atoms with Crippen molar-refractivity contribution in [3.05, 3.63) is 43.0 Å². The lowest BCUT2D eigenvalue weighted by atomic mass is 9.99. The lowest BCUT2D eigenvalue weighted by Gasteiger charge is -2.19. The highest BCUT2D eigenvalue weighted by Gasteiger charge is 2.46. The maximum atomic E-state index is 12.3. The molecule has 130 valence electrons. The van der Waals surface area contributed by atoms with Crippen LogP contribution in [0, 0.1) is 0 Å². The van der Waals surface area contributed by atoms with E-state index in [2.05, 4.69) is 15.6 Å². The van der Waals surface area contributed by atoms with Gasteiger partial charge in [-0.25, -0.2) is 9.78 Å². The van der Waals surface area contributed by atoms with Gasteiger partial charge in [-0.15, -0.1) is 0 Å². The average molecular weight is 341 g/mol. The van der Waals surface area contributed by atoms with Gasteiger partial charge in [0, 0.05) is 23.8 Å². The van der Waals surface area contributed by atoms with E-state index in [-0.39, 0.29) is 12.5 Å². The maximum absolute atomic E-state index is 12.3. The number of imide groups is 1. The first-order chi connectivity index (χ1) is 11.9. The van der Waals surface area contributed by atoms with Crippen LogP contribution >= 0.6 is 0 Å². The summed E-state index contributed by atoms with van der Waals surface area (Å²) in [7, 11) is 0. The van der Waals surface area contributed by atoms with Crippen molar-refractivity contribution < 1.29 is 14.4 Å². The number of aromatic nitrogens is 2. The molecular weight excluding hydrogens is 322 g/mol. The normalized spacial score (nSPS) is 19.8. The highest BCUT2D eigenvalue weighted by atomic mass is 16.2. The summed E-state index contributed by atoms with van der Waals surface area (Å²) in [5.74, 6) is -0.825. The Morgan fingerprint density at radius 1 is 1.36 bits per heavy atom. The lowest BCUT2D eigenvalue weighted by Crippen LogP contribution is -2.44. The molecule has 2 heterocycles. The Bertz CT molecular complexity index is 817. The molecule has 3 rings (SSSR count). The summed E-state index contributed by atoms with van der Waals surface area (Å²) >= 11 is 0. The van der Waals surface area contributed by atoms with Gasteiger partial charge < -0.3 is 15.2 Å². The number of benzene rings is 1. The Hall–Kier alpha value is -3.16. The molecule has 1 saturated heterocycles. The van der Waals surface area contributed by atoms with E-state index in [1.165, 1.54) is 0 Å². The molecule has 4 amide bonds. The van der Waals surface area contributed by atoms with E-state index < -0.39 is 17.5 Å². The van der Waals surface area contributed by atoms with Gasteiger partial charge in [0.05, 0.1) is 6.33 Å². The molecule has 8 nitrogen and oxygen atoms in total. The van der Waals surface area contributed by atoms with Crippen LogP contribution in [0.3, 0.4) is 0 Å². The summed E-state index contributed by atoms with van der Waals surface area (Å²) in [4.78, 5) is 41.5. The Balaban J connectivity index is 1.68. The minimum absolute atomic E-state index is 0.324. The third kappa shape index (κ3) is 3.23. The average Bonchev–Trinajstić information content (AvgIpc) is 3.19. The van der Waals surface area contributed by atoms with Gasteiger partial charge in [-0.3, -0.25) is 14.5 Å². The molecule has 0 aliphatic carbocycles. The molecule has 0 unspecified atom stereocenters. The van der Waals surface area contributed by atoms with Crippen LogP contribution in [-0.4, -0.2) is 44.4 Å². The SMILES string of the molecule is CC[C@@]1(C)NC(=O)N(CC(=O)Nc2cccc(-n3ccnc3)c2)C1=O. The number of carbonyl (C=O) groups excluding carboxylic acids is 3. The highest BCUT2D eigenvalue weighted by molar-refractivity contribution is 6.09. The van der Waals surface area contributed by atoms with Crippen molar-refractivity contribution in [1.29, 1.82) is 0 Å². The molecule has 2 N–H and O–H groups in total. The van der Waals surface area contributed by atoms with Gasteiger partial charge in [0.2, 0.25) is 5.91 Å². The standard InChI is InChI=1S/C17H19N5O3/c1-3-17(2)15(24)22(16(25)20-17)10-14(23)19-12-5-4-6-13(9-12)21-8-7-18-11-21/h4-9,11H,3,10H2,1-2H3,(H,19,23)(H,20,25)/t17-/m1/s1. The van der Waals surface area contributed by atoms with Crippen LogP contribution in [0.25, 0.3) is 5.69 Å². The fourth-order valence-electron chi connectivity index (χ4n) is 2.63. The third-order valence-electron chi connectivity index (χ3n) is 4.29. The number of hydrogen-bond donors (Lipinski definition) is 2. The molecule has 1 atom stereocenters. The number of nitrogens with zero attached hydrogens (tertiary/aromatic N) is 3. The van der Waals surface area contributed by atoms with Gasteiger partial charge in [0.15, 0.2) is 0 Å². The molecule has 8 heteroatoms. The number of urea groups is 1. The van der Waals surface area contributed by atoms with E-state index >= 15 is 0 Å². The highest BCUT2D eigenvalue weighted by Crippen LogP contribution is 2.21. The van der Waals surface area contributed by atoms with Gasteiger partial charge in [0.1, 0.15) is 12.1 Å². The van der Waals surface area contributed by atoms with E-state index in [9.17, 15) is 14.4 Å². The van der Waals surface area contributed by atoms with Crippen LogP contribution in [0.1, 0.15) is 20.3 Å². The molecule has 1 aromatic carbocycles. The first kappa shape index (κ1) is 16.7. The minimum Gasteiger partial charge on any atom is -0.324 e. The van der Waals surface area contributed by atoms with Crippen molar-refractivity contribution in [2.75, 3.05) is 11.9 Å². The van der Waals surface area contributed by atoms with Gasteiger partial charge >= 0.3 is 6.03 Å². The second-order valence-electron chi connectivity index (χ2n) is 6.08.